The van der Waals surface area contributed by atoms with Crippen LogP contribution >= 0.6 is 23.2 Å². The van der Waals surface area contributed by atoms with Gasteiger partial charge in [0.05, 0.1) is 11.3 Å². The number of urea groups is 2. The van der Waals surface area contributed by atoms with Gasteiger partial charge in [0.2, 0.25) is 0 Å². The smallest absolute Gasteiger partial charge is 0.306 e. The Bertz CT molecular complexity index is 1450. The summed E-state index contributed by atoms with van der Waals surface area (Å²) in [5, 5.41) is 19.0. The highest BCUT2D eigenvalue weighted by atomic mass is 35.5. The lowest BCUT2D eigenvalue weighted by Gasteiger charge is -2.38. The minimum Gasteiger partial charge on any atom is -0.306 e. The molecule has 3 aromatic rings. The molecule has 5 amide bonds. The molecule has 0 bridgehead atoms. The number of nitrogens with zero attached hydrogens (tertiary/aromatic N) is 4. The average Bonchev–Trinajstić information content (AvgIpc) is 3.12. The number of amides is 5. The van der Waals surface area contributed by atoms with Crippen LogP contribution in [0.5, 0.6) is 0 Å². The number of anilines is 2. The van der Waals surface area contributed by atoms with Gasteiger partial charge in [-0.05, 0) is 62.7 Å². The summed E-state index contributed by atoms with van der Waals surface area (Å²) in [7, 11) is 0. The van der Waals surface area contributed by atoms with Crippen LogP contribution in [0.25, 0.3) is 0 Å². The van der Waals surface area contributed by atoms with Gasteiger partial charge in [0.25, 0.3) is 5.91 Å². The first-order valence-corrected chi connectivity index (χ1v) is 13.0. The van der Waals surface area contributed by atoms with Gasteiger partial charge in [0, 0.05) is 21.4 Å². The molecule has 12 heteroatoms. The van der Waals surface area contributed by atoms with Crippen LogP contribution in [-0.2, 0) is 4.79 Å². The van der Waals surface area contributed by atoms with Crippen LogP contribution in [0.1, 0.15) is 26.3 Å². The molecule has 0 radical (unpaired) electrons. The Labute approximate surface area is 241 Å². The lowest BCUT2D eigenvalue weighted by Crippen LogP contribution is -2.58. The van der Waals surface area contributed by atoms with Crippen LogP contribution < -0.4 is 15.6 Å². The van der Waals surface area contributed by atoms with Crippen LogP contribution in [0.3, 0.4) is 0 Å². The maximum atomic E-state index is 13.8. The second kappa shape index (κ2) is 12.0. The van der Waals surface area contributed by atoms with E-state index in [9.17, 15) is 19.6 Å². The van der Waals surface area contributed by atoms with Gasteiger partial charge in [0.1, 0.15) is 6.54 Å². The quantitative estimate of drug-likeness (QED) is 0.185. The number of hydroxylamine groups is 2. The Morgan fingerprint density at radius 1 is 1.00 bits per heavy atom. The topological polar surface area (TPSA) is 118 Å². The summed E-state index contributed by atoms with van der Waals surface area (Å²) < 4.78 is 0. The molecule has 1 unspecified atom stereocenters. The third-order valence-electron chi connectivity index (χ3n) is 6.45. The van der Waals surface area contributed by atoms with Crippen molar-refractivity contribution in [1.82, 2.24) is 15.4 Å². The number of carbonyl (C=O) groups is 3. The largest absolute Gasteiger partial charge is 0.347 e. The maximum absolute atomic E-state index is 13.8. The molecule has 0 saturated carbocycles. The third kappa shape index (κ3) is 6.20. The van der Waals surface area contributed by atoms with E-state index in [1.165, 1.54) is 21.9 Å². The number of hydrazone groups is 1. The Balaban J connectivity index is 1.61. The summed E-state index contributed by atoms with van der Waals surface area (Å²) in [5.41, 5.74) is 3.31. The number of nitrogens with one attached hydrogen (secondary N) is 2. The zero-order valence-corrected chi connectivity index (χ0v) is 23.5. The molecule has 10 nitrogen and oxygen atoms in total. The Morgan fingerprint density at radius 3 is 2.30 bits per heavy atom. The summed E-state index contributed by atoms with van der Waals surface area (Å²) in [6, 6.07) is 20.6. The van der Waals surface area contributed by atoms with E-state index in [1.54, 1.807) is 57.2 Å². The Hall–Kier alpha value is -4.12. The van der Waals surface area contributed by atoms with Gasteiger partial charge in [-0.2, -0.15) is 10.2 Å². The summed E-state index contributed by atoms with van der Waals surface area (Å²) in [4.78, 5) is 42.3. The zero-order chi connectivity index (χ0) is 29.0. The molecule has 40 heavy (non-hydrogen) atoms. The number of halogens is 2. The highest BCUT2D eigenvalue weighted by Crippen LogP contribution is 2.38. The second-order valence-electron chi connectivity index (χ2n) is 9.63. The Kier molecular flexibility index (Phi) is 8.63. The summed E-state index contributed by atoms with van der Waals surface area (Å²) >= 11 is 12.2. The van der Waals surface area contributed by atoms with E-state index < -0.39 is 36.2 Å². The number of rotatable bonds is 7. The highest BCUT2D eigenvalue weighted by molar-refractivity contribution is 6.31. The molecule has 0 spiro atoms. The second-order valence-corrected chi connectivity index (χ2v) is 10.5. The fourth-order valence-electron chi connectivity index (χ4n) is 4.42. The summed E-state index contributed by atoms with van der Waals surface area (Å²) in [6.07, 6.45) is -1.25. The standard InChI is InChI=1S/C28H28Cl2N6O4/c1-18(19-9-5-4-6-10-19)32-33-24(37)17-34-27(39)35(23-14-8-12-21(30)16-23)25(28(34,2)3)36(40)26(38)31-22-13-7-11-20(29)15-22/h4-16,25,40H,17H2,1-3H3,(H,31,38)(H,33,37). The van der Waals surface area contributed by atoms with E-state index >= 15 is 0 Å². The molecular weight excluding hydrogens is 555 g/mol. The molecule has 0 aromatic heterocycles. The fraction of sp³-hybridized carbons (Fsp3) is 0.214. The first-order valence-electron chi connectivity index (χ1n) is 12.3. The lowest BCUT2D eigenvalue weighted by molar-refractivity contribution is -0.124. The molecule has 1 fully saturated rings. The molecule has 4 rings (SSSR count). The van der Waals surface area contributed by atoms with Crippen molar-refractivity contribution in [3.05, 3.63) is 94.5 Å². The molecule has 1 aliphatic heterocycles. The summed E-state index contributed by atoms with van der Waals surface area (Å²) in [5.74, 6) is -0.559. The predicted octanol–water partition coefficient (Wildman–Crippen LogP) is 5.80. The third-order valence-corrected chi connectivity index (χ3v) is 6.92. The van der Waals surface area contributed by atoms with Crippen molar-refractivity contribution in [3.63, 3.8) is 0 Å². The van der Waals surface area contributed by atoms with Crippen LogP contribution in [0.4, 0.5) is 21.0 Å². The molecule has 1 atom stereocenters. The van der Waals surface area contributed by atoms with Crippen molar-refractivity contribution in [2.45, 2.75) is 32.5 Å². The van der Waals surface area contributed by atoms with Gasteiger partial charge in [0.15, 0.2) is 6.17 Å². The highest BCUT2D eigenvalue weighted by Gasteiger charge is 2.56. The fourth-order valence-corrected chi connectivity index (χ4v) is 4.80. The van der Waals surface area contributed by atoms with E-state index in [2.05, 4.69) is 15.8 Å². The van der Waals surface area contributed by atoms with Crippen LogP contribution in [0.2, 0.25) is 10.0 Å². The van der Waals surface area contributed by atoms with Crippen LogP contribution in [0.15, 0.2) is 84.0 Å². The molecule has 3 aromatic carbocycles. The number of benzene rings is 3. The lowest BCUT2D eigenvalue weighted by atomic mass is 9.99. The van der Waals surface area contributed by atoms with Gasteiger partial charge < -0.3 is 10.2 Å². The van der Waals surface area contributed by atoms with Gasteiger partial charge in [-0.25, -0.2) is 15.0 Å². The molecule has 3 N–H and O–H groups in total. The van der Waals surface area contributed by atoms with Crippen molar-refractivity contribution >= 4 is 58.3 Å². The predicted molar refractivity (Wildman–Crippen MR) is 155 cm³/mol. The van der Waals surface area contributed by atoms with Gasteiger partial charge in [-0.15, -0.1) is 0 Å². The van der Waals surface area contributed by atoms with Crippen LogP contribution in [-0.4, -0.2) is 57.1 Å². The van der Waals surface area contributed by atoms with Crippen molar-refractivity contribution in [2.75, 3.05) is 16.8 Å². The van der Waals surface area contributed by atoms with E-state index in [-0.39, 0.29) is 0 Å². The minimum absolute atomic E-state index is 0.325. The van der Waals surface area contributed by atoms with E-state index in [1.807, 2.05) is 30.3 Å². The maximum Gasteiger partial charge on any atom is 0.347 e. The first kappa shape index (κ1) is 28.9. The molecule has 0 aliphatic carbocycles. The van der Waals surface area contributed by atoms with Crippen molar-refractivity contribution in [3.8, 4) is 0 Å². The van der Waals surface area contributed by atoms with E-state index in [4.69, 9.17) is 23.2 Å². The van der Waals surface area contributed by atoms with Gasteiger partial charge in [-0.3, -0.25) is 14.9 Å². The Morgan fingerprint density at radius 2 is 1.65 bits per heavy atom. The van der Waals surface area contributed by atoms with Gasteiger partial charge >= 0.3 is 12.1 Å². The van der Waals surface area contributed by atoms with Crippen molar-refractivity contribution in [2.24, 2.45) is 5.10 Å². The zero-order valence-electron chi connectivity index (χ0n) is 22.0. The molecule has 1 aliphatic rings. The SMILES string of the molecule is CC(=NNC(=O)CN1C(=O)N(c2cccc(Cl)c2)C(N(O)C(=O)Nc2cccc(Cl)c2)C1(C)C)c1ccccc1. The normalized spacial score (nSPS) is 16.6. The van der Waals surface area contributed by atoms with Crippen molar-refractivity contribution in [1.29, 1.82) is 0 Å². The van der Waals surface area contributed by atoms with E-state index in [0.717, 1.165) is 5.56 Å². The first-order chi connectivity index (χ1) is 19.0. The van der Waals surface area contributed by atoms with Crippen molar-refractivity contribution < 1.29 is 19.6 Å². The monoisotopic (exact) mass is 582 g/mol. The summed E-state index contributed by atoms with van der Waals surface area (Å²) in [6.45, 7) is 4.64. The molecule has 1 saturated heterocycles. The van der Waals surface area contributed by atoms with Gasteiger partial charge in [-0.1, -0.05) is 65.7 Å². The number of hydrogen-bond donors (Lipinski definition) is 3. The average molecular weight is 583 g/mol. The number of hydrogen-bond acceptors (Lipinski definition) is 5. The number of carbonyl (C=O) groups excluding carboxylic acids is 3. The minimum atomic E-state index is -1.25. The molecular formula is C28H28Cl2N6O4. The molecule has 1 heterocycles. The van der Waals surface area contributed by atoms with E-state index in [0.29, 0.717) is 32.2 Å². The van der Waals surface area contributed by atoms with Crippen LogP contribution in [0, 0.1) is 0 Å². The molecule has 208 valence electrons.